The molecule has 1 nitrogen and oxygen atoms in total. The molecular formula is C14H10F5N. The van der Waals surface area contributed by atoms with E-state index in [2.05, 4.69) is 5.32 Å². The predicted octanol–water partition coefficient (Wildman–Crippen LogP) is 3.69. The smallest absolute Gasteiger partial charge is 0.194 e. The van der Waals surface area contributed by atoms with Crippen LogP contribution >= 0.6 is 0 Å². The molecule has 0 spiro atoms. The van der Waals surface area contributed by atoms with Gasteiger partial charge in [0.2, 0.25) is 0 Å². The largest absolute Gasteiger partial charge is 0.309 e. The first kappa shape index (κ1) is 14.5. The van der Waals surface area contributed by atoms with Gasteiger partial charge in [0.1, 0.15) is 11.6 Å². The molecule has 106 valence electrons. The molecular weight excluding hydrogens is 277 g/mol. The molecule has 1 unspecified atom stereocenters. The van der Waals surface area contributed by atoms with Crippen molar-refractivity contribution in [1.29, 1.82) is 0 Å². The number of nitrogens with one attached hydrogen (secondary N) is 1. The lowest BCUT2D eigenvalue weighted by molar-refractivity contribution is 0.433. The number of hydrogen-bond acceptors (Lipinski definition) is 1. The third-order valence-electron chi connectivity index (χ3n) is 2.94. The molecule has 1 atom stereocenters. The van der Waals surface area contributed by atoms with Crippen molar-refractivity contribution >= 4 is 0 Å². The summed E-state index contributed by atoms with van der Waals surface area (Å²) in [6.45, 7) is 0. The minimum absolute atomic E-state index is 0.0705. The monoisotopic (exact) mass is 287 g/mol. The van der Waals surface area contributed by atoms with Crippen LogP contribution in [0.4, 0.5) is 22.0 Å². The number of benzene rings is 2. The summed E-state index contributed by atoms with van der Waals surface area (Å²) >= 11 is 0. The first-order chi connectivity index (χ1) is 9.45. The van der Waals surface area contributed by atoms with E-state index < -0.39 is 35.1 Å². The lowest BCUT2D eigenvalue weighted by Gasteiger charge is -2.19. The molecule has 2 rings (SSSR count). The van der Waals surface area contributed by atoms with E-state index in [1.54, 1.807) is 0 Å². The molecule has 6 heteroatoms. The van der Waals surface area contributed by atoms with E-state index in [0.29, 0.717) is 6.07 Å². The zero-order valence-corrected chi connectivity index (χ0v) is 10.4. The summed E-state index contributed by atoms with van der Waals surface area (Å²) in [7, 11) is 1.40. The van der Waals surface area contributed by atoms with Crippen molar-refractivity contribution in [2.75, 3.05) is 7.05 Å². The first-order valence-electron chi connectivity index (χ1n) is 5.71. The minimum Gasteiger partial charge on any atom is -0.309 e. The lowest BCUT2D eigenvalue weighted by atomic mass is 9.97. The van der Waals surface area contributed by atoms with Crippen LogP contribution in [-0.4, -0.2) is 7.05 Å². The van der Waals surface area contributed by atoms with Crippen molar-refractivity contribution in [3.63, 3.8) is 0 Å². The van der Waals surface area contributed by atoms with Crippen LogP contribution in [0.5, 0.6) is 0 Å². The van der Waals surface area contributed by atoms with Crippen molar-refractivity contribution in [1.82, 2.24) is 5.32 Å². The highest BCUT2D eigenvalue weighted by molar-refractivity contribution is 5.34. The zero-order valence-electron chi connectivity index (χ0n) is 10.4. The fraction of sp³-hybridized carbons (Fsp3) is 0.143. The average Bonchev–Trinajstić information content (AvgIpc) is 2.41. The molecule has 0 amide bonds. The molecule has 0 aliphatic heterocycles. The van der Waals surface area contributed by atoms with Crippen molar-refractivity contribution in [3.8, 4) is 0 Å². The Morgan fingerprint density at radius 3 is 2.05 bits per heavy atom. The zero-order chi connectivity index (χ0) is 14.9. The molecule has 0 aromatic heterocycles. The first-order valence-corrected chi connectivity index (χ1v) is 5.71. The summed E-state index contributed by atoms with van der Waals surface area (Å²) in [5.41, 5.74) is -0.337. The summed E-state index contributed by atoms with van der Waals surface area (Å²) < 4.78 is 66.5. The molecule has 0 heterocycles. The van der Waals surface area contributed by atoms with E-state index in [4.69, 9.17) is 0 Å². The number of halogens is 5. The van der Waals surface area contributed by atoms with E-state index in [-0.39, 0.29) is 11.1 Å². The minimum atomic E-state index is -1.63. The highest BCUT2D eigenvalue weighted by Crippen LogP contribution is 2.28. The molecule has 0 aliphatic carbocycles. The Kier molecular flexibility index (Phi) is 4.04. The van der Waals surface area contributed by atoms with E-state index in [9.17, 15) is 22.0 Å². The van der Waals surface area contributed by atoms with Gasteiger partial charge >= 0.3 is 0 Å². The van der Waals surface area contributed by atoms with Gasteiger partial charge in [0, 0.05) is 17.2 Å². The molecule has 0 saturated carbocycles. The molecule has 1 N–H and O–H groups in total. The fourth-order valence-electron chi connectivity index (χ4n) is 1.98. The summed E-state index contributed by atoms with van der Waals surface area (Å²) in [4.78, 5) is 0. The van der Waals surface area contributed by atoms with Gasteiger partial charge in [0.15, 0.2) is 17.5 Å². The Bertz CT molecular complexity index is 642. The van der Waals surface area contributed by atoms with Gasteiger partial charge in [-0.05, 0) is 19.2 Å². The number of rotatable bonds is 3. The maximum absolute atomic E-state index is 13.7. The molecule has 0 bridgehead atoms. The molecule has 2 aromatic carbocycles. The van der Waals surface area contributed by atoms with Crippen LogP contribution in [0.1, 0.15) is 17.2 Å². The Hall–Kier alpha value is -1.95. The SMILES string of the molecule is CNC(c1ccc(F)cc1F)c1ccc(F)c(F)c1F. The van der Waals surface area contributed by atoms with Crippen LogP contribution in [-0.2, 0) is 0 Å². The van der Waals surface area contributed by atoms with Gasteiger partial charge in [-0.1, -0.05) is 12.1 Å². The standard InChI is InChI=1S/C14H10F5N/c1-20-14(8-3-2-7(15)6-11(8)17)9-4-5-10(16)13(19)12(9)18/h2-6,14,20H,1H3. The van der Waals surface area contributed by atoms with Gasteiger partial charge < -0.3 is 5.32 Å². The molecule has 2 aromatic rings. The van der Waals surface area contributed by atoms with E-state index in [0.717, 1.165) is 24.3 Å². The third kappa shape index (κ3) is 2.51. The highest BCUT2D eigenvalue weighted by atomic mass is 19.2. The van der Waals surface area contributed by atoms with E-state index in [1.165, 1.54) is 7.05 Å². The molecule has 0 fully saturated rings. The van der Waals surface area contributed by atoms with E-state index in [1.807, 2.05) is 0 Å². The maximum atomic E-state index is 13.7. The van der Waals surface area contributed by atoms with Crippen LogP contribution in [0.3, 0.4) is 0 Å². The number of hydrogen-bond donors (Lipinski definition) is 1. The normalized spacial score (nSPS) is 12.5. The Morgan fingerprint density at radius 1 is 0.800 bits per heavy atom. The van der Waals surface area contributed by atoms with Crippen molar-refractivity contribution < 1.29 is 22.0 Å². The topological polar surface area (TPSA) is 12.0 Å². The summed E-state index contributed by atoms with van der Waals surface area (Å²) in [5, 5.41) is 2.59. The highest BCUT2D eigenvalue weighted by Gasteiger charge is 2.23. The fourth-order valence-corrected chi connectivity index (χ4v) is 1.98. The third-order valence-corrected chi connectivity index (χ3v) is 2.94. The van der Waals surface area contributed by atoms with Gasteiger partial charge in [-0.15, -0.1) is 0 Å². The van der Waals surface area contributed by atoms with Crippen LogP contribution in [0.2, 0.25) is 0 Å². The van der Waals surface area contributed by atoms with Gasteiger partial charge in [0.05, 0.1) is 6.04 Å². The predicted molar refractivity (Wildman–Crippen MR) is 63.6 cm³/mol. The van der Waals surface area contributed by atoms with Gasteiger partial charge in [-0.2, -0.15) is 0 Å². The molecule has 0 saturated heterocycles. The van der Waals surface area contributed by atoms with Crippen molar-refractivity contribution in [2.45, 2.75) is 6.04 Å². The van der Waals surface area contributed by atoms with Crippen molar-refractivity contribution in [3.05, 3.63) is 70.5 Å². The molecule has 20 heavy (non-hydrogen) atoms. The van der Waals surface area contributed by atoms with Crippen LogP contribution < -0.4 is 5.32 Å². The Morgan fingerprint density at radius 2 is 1.45 bits per heavy atom. The van der Waals surface area contributed by atoms with Gasteiger partial charge in [0.25, 0.3) is 0 Å². The van der Waals surface area contributed by atoms with Crippen LogP contribution in [0.25, 0.3) is 0 Å². The summed E-state index contributed by atoms with van der Waals surface area (Å²) in [6.07, 6.45) is 0. The second kappa shape index (κ2) is 5.58. The van der Waals surface area contributed by atoms with Gasteiger partial charge in [-0.3, -0.25) is 0 Å². The van der Waals surface area contributed by atoms with Gasteiger partial charge in [-0.25, -0.2) is 22.0 Å². The van der Waals surface area contributed by atoms with Crippen molar-refractivity contribution in [2.24, 2.45) is 0 Å². The van der Waals surface area contributed by atoms with Crippen LogP contribution in [0, 0.1) is 29.1 Å². The Labute approximate surface area is 112 Å². The average molecular weight is 287 g/mol. The quantitative estimate of drug-likeness (QED) is 0.670. The second-order valence-electron chi connectivity index (χ2n) is 4.15. The van der Waals surface area contributed by atoms with E-state index >= 15 is 0 Å². The van der Waals surface area contributed by atoms with Crippen LogP contribution in [0.15, 0.2) is 30.3 Å². The maximum Gasteiger partial charge on any atom is 0.194 e. The second-order valence-corrected chi connectivity index (χ2v) is 4.15. The summed E-state index contributed by atoms with van der Waals surface area (Å²) in [5.74, 6) is -6.07. The molecule has 0 aliphatic rings. The molecule has 0 radical (unpaired) electrons. The summed E-state index contributed by atoms with van der Waals surface area (Å²) in [6, 6.07) is 3.45. The lowest BCUT2D eigenvalue weighted by Crippen LogP contribution is -2.21. The Balaban J connectivity index is 2.55.